The zero-order valence-corrected chi connectivity index (χ0v) is 17.6. The van der Waals surface area contributed by atoms with Gasteiger partial charge in [-0.05, 0) is 44.7 Å². The Balaban J connectivity index is 1.33. The second-order valence-electron chi connectivity index (χ2n) is 8.47. The molecule has 1 aromatic carbocycles. The molecule has 1 aliphatic heterocycles. The van der Waals surface area contributed by atoms with Crippen LogP contribution in [0.25, 0.3) is 0 Å². The number of hydrogen-bond acceptors (Lipinski definition) is 3. The first-order valence-electron chi connectivity index (χ1n) is 10.8. The summed E-state index contributed by atoms with van der Waals surface area (Å²) in [5.74, 6) is 0.786. The third-order valence-electron chi connectivity index (χ3n) is 6.32. The number of hydrogen-bond donors (Lipinski definition) is 0. The molecule has 4 rings (SSSR count). The van der Waals surface area contributed by atoms with Crippen molar-refractivity contribution >= 4 is 11.7 Å². The van der Waals surface area contributed by atoms with E-state index in [1.807, 2.05) is 17.0 Å². The first-order valence-corrected chi connectivity index (χ1v) is 10.8. The quantitative estimate of drug-likeness (QED) is 0.679. The Bertz CT molecular complexity index is 875. The number of nitrogens with zero attached hydrogens (tertiary/aromatic N) is 3. The number of carbonyl (C=O) groups excluding carboxylic acids is 2. The average molecular weight is 394 g/mol. The topological polar surface area (TPSA) is 45.6 Å². The second kappa shape index (κ2) is 8.54. The van der Waals surface area contributed by atoms with Crippen molar-refractivity contribution in [3.05, 3.63) is 58.9 Å². The van der Waals surface area contributed by atoms with Gasteiger partial charge in [-0.25, -0.2) is 0 Å². The number of ketones is 1. The van der Waals surface area contributed by atoms with Crippen LogP contribution in [0.1, 0.15) is 40.2 Å². The largest absolute Gasteiger partial charge is 0.348 e. The summed E-state index contributed by atoms with van der Waals surface area (Å²) in [6, 6.07) is 12.5. The summed E-state index contributed by atoms with van der Waals surface area (Å²) in [5, 5.41) is 0. The zero-order valence-electron chi connectivity index (χ0n) is 17.6. The van der Waals surface area contributed by atoms with Crippen LogP contribution in [-0.4, -0.2) is 58.8 Å². The molecule has 154 valence electrons. The molecule has 1 aliphatic carbocycles. The molecule has 1 amide bonds. The minimum Gasteiger partial charge on any atom is -0.348 e. The molecular weight excluding hydrogens is 362 g/mol. The van der Waals surface area contributed by atoms with Crippen molar-refractivity contribution in [2.24, 2.45) is 5.92 Å². The van der Waals surface area contributed by atoms with Crippen LogP contribution < -0.4 is 0 Å². The van der Waals surface area contributed by atoms with Gasteiger partial charge >= 0.3 is 0 Å². The lowest BCUT2D eigenvalue weighted by atomic mass is 10.1. The van der Waals surface area contributed by atoms with E-state index >= 15 is 0 Å². The molecule has 0 N–H and O–H groups in total. The van der Waals surface area contributed by atoms with Crippen LogP contribution >= 0.6 is 0 Å². The van der Waals surface area contributed by atoms with Crippen molar-refractivity contribution in [1.29, 1.82) is 0 Å². The van der Waals surface area contributed by atoms with E-state index in [-0.39, 0.29) is 11.7 Å². The van der Waals surface area contributed by atoms with Crippen LogP contribution in [-0.2, 0) is 17.8 Å². The van der Waals surface area contributed by atoms with E-state index in [0.29, 0.717) is 12.5 Å². The number of amides is 1. The highest BCUT2D eigenvalue weighted by molar-refractivity contribution is 5.99. The predicted molar refractivity (Wildman–Crippen MR) is 114 cm³/mol. The van der Waals surface area contributed by atoms with Gasteiger partial charge in [0.2, 0.25) is 5.91 Å². The standard InChI is InChI=1S/C24H31N3O2/c1-18-16-22(19(2)27(18)11-10-20-6-4-3-5-7-20)23(28)17-25-12-14-26(15-13-25)24(29)21-8-9-21/h3-7,16,21H,8-15,17H2,1-2H3. The maximum atomic E-state index is 13.0. The fraction of sp³-hybridized carbons (Fsp3) is 0.500. The van der Waals surface area contributed by atoms with Crippen molar-refractivity contribution < 1.29 is 9.59 Å². The SMILES string of the molecule is Cc1cc(C(=O)CN2CCN(C(=O)C3CC3)CC2)c(C)n1CCc1ccccc1. The van der Waals surface area contributed by atoms with Crippen LogP contribution in [0, 0.1) is 19.8 Å². The van der Waals surface area contributed by atoms with Crippen LogP contribution in [0.15, 0.2) is 36.4 Å². The number of carbonyl (C=O) groups is 2. The van der Waals surface area contributed by atoms with E-state index in [2.05, 4.69) is 47.6 Å². The Morgan fingerprint density at radius 1 is 1.00 bits per heavy atom. The van der Waals surface area contributed by atoms with Gasteiger partial charge in [0.15, 0.2) is 5.78 Å². The molecule has 2 fully saturated rings. The molecule has 2 aromatic rings. The Kier molecular flexibility index (Phi) is 5.86. The van der Waals surface area contributed by atoms with Gasteiger partial charge in [-0.1, -0.05) is 30.3 Å². The lowest BCUT2D eigenvalue weighted by Gasteiger charge is -2.34. The molecule has 1 saturated heterocycles. The summed E-state index contributed by atoms with van der Waals surface area (Å²) in [4.78, 5) is 29.3. The highest BCUT2D eigenvalue weighted by atomic mass is 16.2. The van der Waals surface area contributed by atoms with Gasteiger partial charge in [0.25, 0.3) is 0 Å². The maximum Gasteiger partial charge on any atom is 0.225 e. The van der Waals surface area contributed by atoms with E-state index in [0.717, 1.165) is 68.9 Å². The minimum absolute atomic E-state index is 0.186. The van der Waals surface area contributed by atoms with Crippen molar-refractivity contribution in [2.75, 3.05) is 32.7 Å². The summed E-state index contributed by atoms with van der Waals surface area (Å²) in [7, 11) is 0. The zero-order chi connectivity index (χ0) is 20.4. The maximum absolute atomic E-state index is 13.0. The first kappa shape index (κ1) is 19.9. The van der Waals surface area contributed by atoms with Gasteiger partial charge in [0.05, 0.1) is 6.54 Å². The summed E-state index contributed by atoms with van der Waals surface area (Å²) < 4.78 is 2.26. The van der Waals surface area contributed by atoms with E-state index in [9.17, 15) is 9.59 Å². The van der Waals surface area contributed by atoms with E-state index < -0.39 is 0 Å². The minimum atomic E-state index is 0.186. The Morgan fingerprint density at radius 3 is 2.34 bits per heavy atom. The van der Waals surface area contributed by atoms with Crippen LogP contribution in [0.4, 0.5) is 0 Å². The smallest absolute Gasteiger partial charge is 0.225 e. The van der Waals surface area contributed by atoms with Crippen LogP contribution in [0.2, 0.25) is 0 Å². The molecule has 2 aliphatic rings. The summed E-state index contributed by atoms with van der Waals surface area (Å²) >= 11 is 0. The van der Waals surface area contributed by atoms with Crippen molar-refractivity contribution in [3.63, 3.8) is 0 Å². The van der Waals surface area contributed by atoms with E-state index in [4.69, 9.17) is 0 Å². The normalized spacial score (nSPS) is 17.5. The number of Topliss-reactive ketones (excluding diaryl/α,β-unsaturated/α-hetero) is 1. The molecule has 2 heterocycles. The lowest BCUT2D eigenvalue weighted by molar-refractivity contribution is -0.134. The molecule has 1 saturated carbocycles. The number of aromatic nitrogens is 1. The predicted octanol–water partition coefficient (Wildman–Crippen LogP) is 3.08. The van der Waals surface area contributed by atoms with Crippen LogP contribution in [0.3, 0.4) is 0 Å². The molecule has 0 unspecified atom stereocenters. The van der Waals surface area contributed by atoms with Crippen molar-refractivity contribution in [3.8, 4) is 0 Å². The van der Waals surface area contributed by atoms with Gasteiger partial charge in [-0.15, -0.1) is 0 Å². The summed E-state index contributed by atoms with van der Waals surface area (Å²) in [5.41, 5.74) is 4.35. The fourth-order valence-corrected chi connectivity index (χ4v) is 4.32. The molecule has 0 spiro atoms. The summed E-state index contributed by atoms with van der Waals surface area (Å²) in [6.07, 6.45) is 3.07. The number of aryl methyl sites for hydroxylation is 2. The average Bonchev–Trinajstić information content (AvgIpc) is 3.54. The second-order valence-corrected chi connectivity index (χ2v) is 8.47. The Morgan fingerprint density at radius 2 is 1.69 bits per heavy atom. The molecule has 29 heavy (non-hydrogen) atoms. The third-order valence-corrected chi connectivity index (χ3v) is 6.32. The number of benzene rings is 1. The Labute approximate surface area is 173 Å². The van der Waals surface area contributed by atoms with Gasteiger partial charge < -0.3 is 9.47 Å². The molecule has 0 atom stereocenters. The number of piperazine rings is 1. The summed E-state index contributed by atoms with van der Waals surface area (Å²) in [6.45, 7) is 8.53. The van der Waals surface area contributed by atoms with Crippen LogP contribution in [0.5, 0.6) is 0 Å². The molecule has 5 heteroatoms. The molecular formula is C24H31N3O2. The number of rotatable bonds is 7. The first-order chi connectivity index (χ1) is 14.0. The van der Waals surface area contributed by atoms with Crippen molar-refractivity contribution in [1.82, 2.24) is 14.4 Å². The molecule has 0 bridgehead atoms. The molecule has 0 radical (unpaired) electrons. The van der Waals surface area contributed by atoms with Crippen molar-refractivity contribution in [2.45, 2.75) is 39.7 Å². The van der Waals surface area contributed by atoms with E-state index in [1.165, 1.54) is 5.56 Å². The highest BCUT2D eigenvalue weighted by Crippen LogP contribution is 2.31. The van der Waals surface area contributed by atoms with Gasteiger partial charge in [0, 0.05) is 55.6 Å². The molecule has 5 nitrogen and oxygen atoms in total. The van der Waals surface area contributed by atoms with Gasteiger partial charge in [0.1, 0.15) is 0 Å². The van der Waals surface area contributed by atoms with E-state index in [1.54, 1.807) is 0 Å². The third kappa shape index (κ3) is 4.61. The fourth-order valence-electron chi connectivity index (χ4n) is 4.32. The Hall–Kier alpha value is -2.40. The molecule has 1 aromatic heterocycles. The monoisotopic (exact) mass is 393 g/mol. The van der Waals surface area contributed by atoms with Gasteiger partial charge in [-0.2, -0.15) is 0 Å². The lowest BCUT2D eigenvalue weighted by Crippen LogP contribution is -2.50. The van der Waals surface area contributed by atoms with Gasteiger partial charge in [-0.3, -0.25) is 14.5 Å². The highest BCUT2D eigenvalue weighted by Gasteiger charge is 2.34.